The molecular formula is C11H15N3OS. The molecule has 5 heteroatoms. The van der Waals surface area contributed by atoms with Gasteiger partial charge in [0.1, 0.15) is 0 Å². The standard InChI is InChI=1S/C11H15N3OS/c1-3-4-13-5-6-14(11(13)15)8-10-7-12-9(2)16-10/h5-7H,3-4,8H2,1-2H3. The molecule has 0 fully saturated rings. The molecule has 0 aromatic carbocycles. The van der Waals surface area contributed by atoms with Crippen molar-refractivity contribution < 1.29 is 0 Å². The third kappa shape index (κ3) is 2.24. The lowest BCUT2D eigenvalue weighted by atomic mass is 10.5. The fourth-order valence-electron chi connectivity index (χ4n) is 1.63. The topological polar surface area (TPSA) is 39.8 Å². The Balaban J connectivity index is 2.19. The minimum absolute atomic E-state index is 0.0629. The molecule has 0 saturated carbocycles. The van der Waals surface area contributed by atoms with Crippen LogP contribution in [0.25, 0.3) is 0 Å². The first kappa shape index (κ1) is 11.1. The first-order valence-electron chi connectivity index (χ1n) is 5.37. The second-order valence-corrected chi connectivity index (χ2v) is 5.07. The van der Waals surface area contributed by atoms with Crippen molar-refractivity contribution in [3.63, 3.8) is 0 Å². The highest BCUT2D eigenvalue weighted by Gasteiger charge is 2.04. The molecule has 2 rings (SSSR count). The maximum atomic E-state index is 11.9. The van der Waals surface area contributed by atoms with E-state index in [9.17, 15) is 4.79 Å². The minimum atomic E-state index is 0.0629. The summed E-state index contributed by atoms with van der Waals surface area (Å²) in [5.74, 6) is 0. The second-order valence-electron chi connectivity index (χ2n) is 3.75. The van der Waals surface area contributed by atoms with E-state index in [1.54, 1.807) is 20.5 Å². The molecule has 16 heavy (non-hydrogen) atoms. The number of thiazole rings is 1. The number of aryl methyl sites for hydroxylation is 2. The van der Waals surface area contributed by atoms with Gasteiger partial charge < -0.3 is 0 Å². The largest absolute Gasteiger partial charge is 0.328 e. The van der Waals surface area contributed by atoms with Crippen LogP contribution in [0, 0.1) is 6.92 Å². The summed E-state index contributed by atoms with van der Waals surface area (Å²) >= 11 is 1.63. The van der Waals surface area contributed by atoms with Crippen molar-refractivity contribution in [1.82, 2.24) is 14.1 Å². The summed E-state index contributed by atoms with van der Waals surface area (Å²) in [5, 5.41) is 1.04. The van der Waals surface area contributed by atoms with Gasteiger partial charge in [-0.05, 0) is 13.3 Å². The molecule has 4 nitrogen and oxygen atoms in total. The molecule has 0 N–H and O–H groups in total. The van der Waals surface area contributed by atoms with Crippen molar-refractivity contribution in [2.45, 2.75) is 33.4 Å². The highest BCUT2D eigenvalue weighted by molar-refractivity contribution is 7.11. The molecule has 0 atom stereocenters. The van der Waals surface area contributed by atoms with Crippen LogP contribution in [0.1, 0.15) is 23.2 Å². The molecule has 0 aliphatic heterocycles. The van der Waals surface area contributed by atoms with Gasteiger partial charge in [-0.3, -0.25) is 9.13 Å². The smallest absolute Gasteiger partial charge is 0.299 e. The van der Waals surface area contributed by atoms with Crippen molar-refractivity contribution in [2.75, 3.05) is 0 Å². The van der Waals surface area contributed by atoms with E-state index < -0.39 is 0 Å². The van der Waals surface area contributed by atoms with Crippen LogP contribution in [0.2, 0.25) is 0 Å². The molecule has 0 unspecified atom stereocenters. The van der Waals surface area contributed by atoms with E-state index in [0.717, 1.165) is 22.9 Å². The summed E-state index contributed by atoms with van der Waals surface area (Å²) in [6.45, 7) is 5.45. The Bertz CT molecular complexity index is 523. The van der Waals surface area contributed by atoms with Crippen LogP contribution in [-0.4, -0.2) is 14.1 Å². The lowest BCUT2D eigenvalue weighted by Gasteiger charge is -1.98. The molecule has 0 spiro atoms. The number of imidazole rings is 1. The first-order valence-corrected chi connectivity index (χ1v) is 6.19. The highest BCUT2D eigenvalue weighted by Crippen LogP contribution is 2.12. The van der Waals surface area contributed by atoms with Crippen LogP contribution in [-0.2, 0) is 13.1 Å². The highest BCUT2D eigenvalue weighted by atomic mass is 32.1. The van der Waals surface area contributed by atoms with Crippen LogP contribution < -0.4 is 5.69 Å². The number of hydrogen-bond acceptors (Lipinski definition) is 3. The molecule has 2 aromatic rings. The summed E-state index contributed by atoms with van der Waals surface area (Å²) in [6, 6.07) is 0. The quantitative estimate of drug-likeness (QED) is 0.814. The third-order valence-electron chi connectivity index (χ3n) is 2.38. The van der Waals surface area contributed by atoms with Crippen molar-refractivity contribution in [1.29, 1.82) is 0 Å². The van der Waals surface area contributed by atoms with Crippen LogP contribution in [0.3, 0.4) is 0 Å². The predicted molar refractivity (Wildman–Crippen MR) is 64.9 cm³/mol. The zero-order valence-corrected chi connectivity index (χ0v) is 10.3. The zero-order valence-electron chi connectivity index (χ0n) is 9.51. The Morgan fingerprint density at radius 2 is 2.12 bits per heavy atom. The molecule has 0 aliphatic carbocycles. The fourth-order valence-corrected chi connectivity index (χ4v) is 2.43. The van der Waals surface area contributed by atoms with E-state index in [0.29, 0.717) is 6.54 Å². The molecule has 0 saturated heterocycles. The number of nitrogens with zero attached hydrogens (tertiary/aromatic N) is 3. The van der Waals surface area contributed by atoms with Crippen LogP contribution >= 0.6 is 11.3 Å². The zero-order chi connectivity index (χ0) is 11.5. The van der Waals surface area contributed by atoms with E-state index in [4.69, 9.17) is 0 Å². The first-order chi connectivity index (χ1) is 7.70. The van der Waals surface area contributed by atoms with E-state index in [-0.39, 0.29) is 5.69 Å². The number of aromatic nitrogens is 3. The minimum Gasteiger partial charge on any atom is -0.299 e. The molecule has 86 valence electrons. The lowest BCUT2D eigenvalue weighted by molar-refractivity contribution is 0.625. The second kappa shape index (κ2) is 4.65. The van der Waals surface area contributed by atoms with Gasteiger partial charge in [0.15, 0.2) is 0 Å². The Labute approximate surface area is 98.2 Å². The van der Waals surface area contributed by atoms with Crippen LogP contribution in [0.4, 0.5) is 0 Å². The number of hydrogen-bond donors (Lipinski definition) is 0. The Kier molecular flexibility index (Phi) is 3.24. The number of rotatable bonds is 4. The Morgan fingerprint density at radius 1 is 1.38 bits per heavy atom. The average Bonchev–Trinajstić information content (AvgIpc) is 2.80. The summed E-state index contributed by atoms with van der Waals surface area (Å²) in [5.41, 5.74) is 0.0629. The van der Waals surface area contributed by atoms with Gasteiger partial charge in [-0.15, -0.1) is 11.3 Å². The van der Waals surface area contributed by atoms with Crippen molar-refractivity contribution in [3.8, 4) is 0 Å². The van der Waals surface area contributed by atoms with Gasteiger partial charge >= 0.3 is 5.69 Å². The molecule has 2 heterocycles. The van der Waals surface area contributed by atoms with E-state index in [1.165, 1.54) is 0 Å². The van der Waals surface area contributed by atoms with Gasteiger partial charge in [0.05, 0.1) is 11.6 Å². The summed E-state index contributed by atoms with van der Waals surface area (Å²) in [4.78, 5) is 17.2. The van der Waals surface area contributed by atoms with Crippen LogP contribution in [0.5, 0.6) is 0 Å². The van der Waals surface area contributed by atoms with Crippen molar-refractivity contribution in [2.24, 2.45) is 0 Å². The molecule has 0 radical (unpaired) electrons. The SMILES string of the molecule is CCCn1ccn(Cc2cnc(C)s2)c1=O. The molecular weight excluding hydrogens is 222 g/mol. The summed E-state index contributed by atoms with van der Waals surface area (Å²) in [6.07, 6.45) is 6.50. The Morgan fingerprint density at radius 3 is 2.75 bits per heavy atom. The van der Waals surface area contributed by atoms with Crippen molar-refractivity contribution in [3.05, 3.63) is 39.0 Å². The molecule has 0 bridgehead atoms. The lowest BCUT2D eigenvalue weighted by Crippen LogP contribution is -2.24. The predicted octanol–water partition coefficient (Wildman–Crippen LogP) is 1.87. The Hall–Kier alpha value is -1.36. The van der Waals surface area contributed by atoms with Gasteiger partial charge in [-0.2, -0.15) is 0 Å². The van der Waals surface area contributed by atoms with Gasteiger partial charge in [0.2, 0.25) is 0 Å². The van der Waals surface area contributed by atoms with Crippen molar-refractivity contribution >= 4 is 11.3 Å². The van der Waals surface area contributed by atoms with Gasteiger partial charge in [-0.1, -0.05) is 6.92 Å². The monoisotopic (exact) mass is 237 g/mol. The maximum absolute atomic E-state index is 11.9. The van der Waals surface area contributed by atoms with E-state index in [2.05, 4.69) is 11.9 Å². The van der Waals surface area contributed by atoms with Gasteiger partial charge in [-0.25, -0.2) is 9.78 Å². The molecule has 0 aliphatic rings. The van der Waals surface area contributed by atoms with Gasteiger partial charge in [0, 0.05) is 30.0 Å². The average molecular weight is 237 g/mol. The van der Waals surface area contributed by atoms with Gasteiger partial charge in [0.25, 0.3) is 0 Å². The molecule has 0 amide bonds. The fraction of sp³-hybridized carbons (Fsp3) is 0.455. The summed E-state index contributed by atoms with van der Waals surface area (Å²) in [7, 11) is 0. The molecule has 2 aromatic heterocycles. The third-order valence-corrected chi connectivity index (χ3v) is 3.28. The van der Waals surface area contributed by atoms with Crippen LogP contribution in [0.15, 0.2) is 23.4 Å². The normalized spacial score (nSPS) is 10.9. The maximum Gasteiger partial charge on any atom is 0.328 e. The summed E-state index contributed by atoms with van der Waals surface area (Å²) < 4.78 is 3.47. The van der Waals surface area contributed by atoms with E-state index >= 15 is 0 Å². The van der Waals surface area contributed by atoms with E-state index in [1.807, 2.05) is 25.5 Å².